The molecule has 2 fully saturated rings. The van der Waals surface area contributed by atoms with Crippen LogP contribution in [-0.4, -0.2) is 71.8 Å². The van der Waals surface area contributed by atoms with E-state index >= 15 is 0 Å². The number of esters is 1. The molecule has 0 radical (unpaired) electrons. The maximum atomic E-state index is 11.8. The second-order valence-corrected chi connectivity index (χ2v) is 7.22. The van der Waals surface area contributed by atoms with Gasteiger partial charge in [-0.25, -0.2) is 0 Å². The summed E-state index contributed by atoms with van der Waals surface area (Å²) >= 11 is 0. The van der Waals surface area contributed by atoms with Gasteiger partial charge < -0.3 is 9.84 Å². The number of piperazine rings is 1. The van der Waals surface area contributed by atoms with Gasteiger partial charge in [0, 0.05) is 39.1 Å². The van der Waals surface area contributed by atoms with Gasteiger partial charge in [-0.15, -0.1) is 0 Å². The molecule has 5 heteroatoms. The van der Waals surface area contributed by atoms with E-state index in [0.29, 0.717) is 6.54 Å². The lowest BCUT2D eigenvalue weighted by Gasteiger charge is -2.39. The first-order valence-electron chi connectivity index (χ1n) is 7.62. The summed E-state index contributed by atoms with van der Waals surface area (Å²) in [6, 6.07) is -0.0558. The first kappa shape index (κ1) is 15.7. The Bertz CT molecular complexity index is 346. The van der Waals surface area contributed by atoms with Gasteiger partial charge in [-0.3, -0.25) is 14.6 Å². The molecule has 0 aliphatic carbocycles. The molecule has 3 atom stereocenters. The number of aliphatic hydroxyl groups excluding tert-OH is 1. The topological polar surface area (TPSA) is 53.0 Å². The standard InChI is InChI=1S/C15H28N2O3/c1-11-9-12(14(19)20-11)17-7-5-16(6-8-17)10-13(18)15(2,3)4/h11-13,18H,5-10H2,1-4H3/t11-,12+,13+/m1/s1. The number of aliphatic hydroxyl groups is 1. The van der Waals surface area contributed by atoms with E-state index in [1.807, 2.05) is 6.92 Å². The van der Waals surface area contributed by atoms with E-state index in [-0.39, 0.29) is 29.6 Å². The fourth-order valence-corrected chi connectivity index (χ4v) is 2.81. The zero-order chi connectivity index (χ0) is 14.9. The molecule has 0 bridgehead atoms. The van der Waals surface area contributed by atoms with Crippen LogP contribution in [0.1, 0.15) is 34.1 Å². The van der Waals surface area contributed by atoms with Crippen LogP contribution in [0.5, 0.6) is 0 Å². The molecule has 20 heavy (non-hydrogen) atoms. The number of hydrogen-bond donors (Lipinski definition) is 1. The minimum atomic E-state index is -0.314. The number of carbonyl (C=O) groups is 1. The van der Waals surface area contributed by atoms with E-state index in [2.05, 4.69) is 30.6 Å². The van der Waals surface area contributed by atoms with Crippen LogP contribution in [0, 0.1) is 5.41 Å². The monoisotopic (exact) mass is 284 g/mol. The lowest BCUT2D eigenvalue weighted by Crippen LogP contribution is -2.53. The van der Waals surface area contributed by atoms with Crippen LogP contribution in [0.15, 0.2) is 0 Å². The molecule has 2 rings (SSSR count). The van der Waals surface area contributed by atoms with Crippen LogP contribution in [0.3, 0.4) is 0 Å². The van der Waals surface area contributed by atoms with Crippen molar-refractivity contribution in [2.75, 3.05) is 32.7 Å². The number of ether oxygens (including phenoxy) is 1. The number of rotatable bonds is 3. The minimum absolute atomic E-state index is 0.0493. The third-order valence-corrected chi connectivity index (χ3v) is 4.42. The average Bonchev–Trinajstić information content (AvgIpc) is 2.68. The summed E-state index contributed by atoms with van der Waals surface area (Å²) in [6.07, 6.45) is 0.544. The van der Waals surface area contributed by atoms with Crippen LogP contribution < -0.4 is 0 Å². The van der Waals surface area contributed by atoms with Crippen molar-refractivity contribution in [3.05, 3.63) is 0 Å². The zero-order valence-electron chi connectivity index (χ0n) is 13.1. The number of cyclic esters (lactones) is 1. The quantitative estimate of drug-likeness (QED) is 0.774. The van der Waals surface area contributed by atoms with Gasteiger partial charge in [0.25, 0.3) is 0 Å². The molecule has 2 heterocycles. The first-order valence-corrected chi connectivity index (χ1v) is 7.62. The highest BCUT2D eigenvalue weighted by molar-refractivity contribution is 5.78. The van der Waals surface area contributed by atoms with Crippen molar-refractivity contribution in [3.63, 3.8) is 0 Å². The summed E-state index contributed by atoms with van der Waals surface area (Å²) < 4.78 is 5.23. The molecular weight excluding hydrogens is 256 g/mol. The molecule has 0 spiro atoms. The van der Waals surface area contributed by atoms with Gasteiger partial charge in [0.05, 0.1) is 6.10 Å². The molecule has 0 amide bonds. The molecule has 116 valence electrons. The molecule has 0 saturated carbocycles. The van der Waals surface area contributed by atoms with Crippen molar-refractivity contribution in [2.24, 2.45) is 5.41 Å². The number of carbonyl (C=O) groups excluding carboxylic acids is 1. The van der Waals surface area contributed by atoms with Crippen LogP contribution in [0.25, 0.3) is 0 Å². The van der Waals surface area contributed by atoms with E-state index in [9.17, 15) is 9.90 Å². The second-order valence-electron chi connectivity index (χ2n) is 7.22. The largest absolute Gasteiger partial charge is 0.461 e. The van der Waals surface area contributed by atoms with Gasteiger partial charge in [-0.05, 0) is 12.3 Å². The van der Waals surface area contributed by atoms with Crippen LogP contribution in [0.4, 0.5) is 0 Å². The molecule has 2 saturated heterocycles. The van der Waals surface area contributed by atoms with Crippen molar-refractivity contribution in [1.29, 1.82) is 0 Å². The van der Waals surface area contributed by atoms with Gasteiger partial charge in [-0.2, -0.15) is 0 Å². The lowest BCUT2D eigenvalue weighted by molar-refractivity contribution is -0.145. The van der Waals surface area contributed by atoms with Crippen molar-refractivity contribution in [1.82, 2.24) is 9.80 Å². The molecule has 1 N–H and O–H groups in total. The Morgan fingerprint density at radius 3 is 2.35 bits per heavy atom. The minimum Gasteiger partial charge on any atom is -0.461 e. The van der Waals surface area contributed by atoms with E-state index in [0.717, 1.165) is 32.6 Å². The van der Waals surface area contributed by atoms with Gasteiger partial charge in [0.1, 0.15) is 12.1 Å². The maximum Gasteiger partial charge on any atom is 0.323 e. The predicted octanol–water partition coefficient (Wildman–Crippen LogP) is 0.715. The zero-order valence-corrected chi connectivity index (χ0v) is 13.1. The molecule has 0 aromatic rings. The summed E-state index contributed by atoms with van der Waals surface area (Å²) in [6.45, 7) is 12.4. The Morgan fingerprint density at radius 2 is 1.90 bits per heavy atom. The van der Waals surface area contributed by atoms with E-state index in [1.54, 1.807) is 0 Å². The Kier molecular flexibility index (Phi) is 4.72. The summed E-state index contributed by atoms with van der Waals surface area (Å²) in [5, 5.41) is 10.2. The third-order valence-electron chi connectivity index (χ3n) is 4.42. The lowest BCUT2D eigenvalue weighted by atomic mass is 9.89. The molecule has 0 unspecified atom stereocenters. The number of hydrogen-bond acceptors (Lipinski definition) is 5. The summed E-state index contributed by atoms with van der Waals surface area (Å²) in [5.41, 5.74) is -0.0815. The fourth-order valence-electron chi connectivity index (χ4n) is 2.81. The SMILES string of the molecule is C[C@@H]1C[C@H](N2CCN(C[C@H](O)C(C)(C)C)CC2)C(=O)O1. The van der Waals surface area contributed by atoms with E-state index in [1.165, 1.54) is 0 Å². The van der Waals surface area contributed by atoms with Crippen molar-refractivity contribution >= 4 is 5.97 Å². The third kappa shape index (κ3) is 3.71. The van der Waals surface area contributed by atoms with Gasteiger partial charge in [0.2, 0.25) is 0 Å². The maximum absolute atomic E-state index is 11.8. The Balaban J connectivity index is 1.79. The summed E-state index contributed by atoms with van der Waals surface area (Å²) in [4.78, 5) is 16.3. The van der Waals surface area contributed by atoms with E-state index in [4.69, 9.17) is 4.74 Å². The number of nitrogens with zero attached hydrogens (tertiary/aromatic N) is 2. The normalized spacial score (nSPS) is 31.4. The molecular formula is C15H28N2O3. The average molecular weight is 284 g/mol. The number of β-amino-alcohol motifs (C(OH)–C–C–N with tert-alkyl or cyclic N) is 1. The summed E-state index contributed by atoms with van der Waals surface area (Å²) in [5.74, 6) is -0.0688. The van der Waals surface area contributed by atoms with Gasteiger partial charge in [0.15, 0.2) is 0 Å². The van der Waals surface area contributed by atoms with Crippen LogP contribution >= 0.6 is 0 Å². The van der Waals surface area contributed by atoms with E-state index < -0.39 is 0 Å². The smallest absolute Gasteiger partial charge is 0.323 e. The van der Waals surface area contributed by atoms with Gasteiger partial charge in [-0.1, -0.05) is 20.8 Å². The highest BCUT2D eigenvalue weighted by Gasteiger charge is 2.38. The van der Waals surface area contributed by atoms with Crippen LogP contribution in [-0.2, 0) is 9.53 Å². The van der Waals surface area contributed by atoms with Crippen molar-refractivity contribution in [3.8, 4) is 0 Å². The van der Waals surface area contributed by atoms with Crippen molar-refractivity contribution in [2.45, 2.75) is 52.4 Å². The molecule has 2 aliphatic heterocycles. The van der Waals surface area contributed by atoms with Gasteiger partial charge >= 0.3 is 5.97 Å². The Morgan fingerprint density at radius 1 is 1.30 bits per heavy atom. The highest BCUT2D eigenvalue weighted by Crippen LogP contribution is 2.23. The summed E-state index contributed by atoms with van der Waals surface area (Å²) in [7, 11) is 0. The second kappa shape index (κ2) is 6.00. The Hall–Kier alpha value is -0.650. The molecule has 5 nitrogen and oxygen atoms in total. The predicted molar refractivity (Wildman–Crippen MR) is 77.4 cm³/mol. The van der Waals surface area contributed by atoms with Crippen molar-refractivity contribution < 1.29 is 14.6 Å². The molecule has 0 aromatic heterocycles. The fraction of sp³-hybridized carbons (Fsp3) is 0.933. The van der Waals surface area contributed by atoms with Crippen LogP contribution in [0.2, 0.25) is 0 Å². The molecule has 0 aromatic carbocycles. The molecule has 2 aliphatic rings. The Labute approximate surface area is 121 Å². The first-order chi connectivity index (χ1) is 9.27. The highest BCUT2D eigenvalue weighted by atomic mass is 16.6.